The van der Waals surface area contributed by atoms with E-state index in [-0.39, 0.29) is 11.9 Å². The van der Waals surface area contributed by atoms with Crippen LogP contribution < -0.4 is 14.8 Å². The van der Waals surface area contributed by atoms with Gasteiger partial charge in [-0.25, -0.2) is 0 Å². The van der Waals surface area contributed by atoms with Crippen LogP contribution in [0.3, 0.4) is 0 Å². The first-order chi connectivity index (χ1) is 10.2. The number of benzene rings is 2. The summed E-state index contributed by atoms with van der Waals surface area (Å²) in [5, 5.41) is 2.96. The highest BCUT2D eigenvalue weighted by atomic mass is 16.5. The predicted molar refractivity (Wildman–Crippen MR) is 81.9 cm³/mol. The van der Waals surface area contributed by atoms with Crippen molar-refractivity contribution in [3.63, 3.8) is 0 Å². The molecule has 0 aliphatic rings. The SMILES string of the molecule is COc1cccc(C(=O)N[C@@H](C)c2ccccc2)c1OC. The fraction of sp³-hybridized carbons (Fsp3) is 0.235. The Bertz CT molecular complexity index is 611. The number of rotatable bonds is 5. The Labute approximate surface area is 124 Å². The molecule has 0 unspecified atom stereocenters. The summed E-state index contributed by atoms with van der Waals surface area (Å²) in [6.07, 6.45) is 0. The Morgan fingerprint density at radius 1 is 1.00 bits per heavy atom. The van der Waals surface area contributed by atoms with Crippen molar-refractivity contribution in [2.45, 2.75) is 13.0 Å². The van der Waals surface area contributed by atoms with Gasteiger partial charge in [-0.15, -0.1) is 0 Å². The minimum absolute atomic E-state index is 0.0883. The van der Waals surface area contributed by atoms with Crippen molar-refractivity contribution in [1.29, 1.82) is 0 Å². The molecule has 1 atom stereocenters. The third-order valence-electron chi connectivity index (χ3n) is 3.29. The van der Waals surface area contributed by atoms with Gasteiger partial charge in [-0.1, -0.05) is 36.4 Å². The molecule has 0 heterocycles. The highest BCUT2D eigenvalue weighted by molar-refractivity contribution is 5.98. The number of nitrogens with one attached hydrogen (secondary N) is 1. The Morgan fingerprint density at radius 2 is 1.71 bits per heavy atom. The maximum atomic E-state index is 12.4. The zero-order chi connectivity index (χ0) is 15.2. The Kier molecular flexibility index (Phi) is 4.82. The van der Waals surface area contributed by atoms with Crippen LogP contribution in [-0.2, 0) is 0 Å². The molecule has 4 heteroatoms. The summed E-state index contributed by atoms with van der Waals surface area (Å²) in [6, 6.07) is 15.0. The number of amides is 1. The van der Waals surface area contributed by atoms with Crippen molar-refractivity contribution in [3.8, 4) is 11.5 Å². The maximum absolute atomic E-state index is 12.4. The summed E-state index contributed by atoms with van der Waals surface area (Å²) in [5.74, 6) is 0.789. The van der Waals surface area contributed by atoms with E-state index in [2.05, 4.69) is 5.32 Å². The number of carbonyl (C=O) groups excluding carboxylic acids is 1. The van der Waals surface area contributed by atoms with Crippen LogP contribution >= 0.6 is 0 Å². The van der Waals surface area contributed by atoms with Crippen molar-refractivity contribution >= 4 is 5.91 Å². The monoisotopic (exact) mass is 285 g/mol. The van der Waals surface area contributed by atoms with Crippen LogP contribution in [0.1, 0.15) is 28.9 Å². The number of carbonyl (C=O) groups is 1. The predicted octanol–water partition coefficient (Wildman–Crippen LogP) is 3.19. The second-order valence-electron chi connectivity index (χ2n) is 4.65. The third kappa shape index (κ3) is 3.34. The lowest BCUT2D eigenvalue weighted by Crippen LogP contribution is -2.27. The van der Waals surface area contributed by atoms with Gasteiger partial charge in [0.25, 0.3) is 5.91 Å². The van der Waals surface area contributed by atoms with Gasteiger partial charge >= 0.3 is 0 Å². The molecule has 0 saturated heterocycles. The molecule has 0 fully saturated rings. The molecule has 4 nitrogen and oxygen atoms in total. The lowest BCUT2D eigenvalue weighted by molar-refractivity contribution is 0.0936. The second kappa shape index (κ2) is 6.79. The van der Waals surface area contributed by atoms with E-state index in [0.29, 0.717) is 17.1 Å². The number of hydrogen-bond acceptors (Lipinski definition) is 3. The number of methoxy groups -OCH3 is 2. The summed E-state index contributed by atoms with van der Waals surface area (Å²) in [6.45, 7) is 1.94. The fourth-order valence-electron chi connectivity index (χ4n) is 2.17. The molecular weight excluding hydrogens is 266 g/mol. The minimum Gasteiger partial charge on any atom is -0.493 e. The Hall–Kier alpha value is -2.49. The van der Waals surface area contributed by atoms with Gasteiger partial charge in [-0.3, -0.25) is 4.79 Å². The minimum atomic E-state index is -0.192. The molecule has 1 amide bonds. The average molecular weight is 285 g/mol. The molecule has 0 saturated carbocycles. The third-order valence-corrected chi connectivity index (χ3v) is 3.29. The quantitative estimate of drug-likeness (QED) is 0.917. The average Bonchev–Trinajstić information content (AvgIpc) is 2.54. The zero-order valence-corrected chi connectivity index (χ0v) is 12.4. The van der Waals surface area contributed by atoms with Crippen molar-refractivity contribution in [2.75, 3.05) is 14.2 Å². The van der Waals surface area contributed by atoms with Crippen LogP contribution in [0.15, 0.2) is 48.5 Å². The summed E-state index contributed by atoms with van der Waals surface area (Å²) in [4.78, 5) is 12.4. The molecule has 0 bridgehead atoms. The largest absolute Gasteiger partial charge is 0.493 e. The van der Waals surface area contributed by atoms with E-state index in [1.165, 1.54) is 7.11 Å². The first-order valence-corrected chi connectivity index (χ1v) is 6.74. The van der Waals surface area contributed by atoms with Crippen molar-refractivity contribution in [3.05, 3.63) is 59.7 Å². The zero-order valence-electron chi connectivity index (χ0n) is 12.4. The molecule has 2 rings (SSSR count). The summed E-state index contributed by atoms with van der Waals surface area (Å²) >= 11 is 0. The summed E-state index contributed by atoms with van der Waals surface area (Å²) < 4.78 is 10.5. The molecule has 2 aromatic rings. The van der Waals surface area contributed by atoms with Crippen LogP contribution in [0.25, 0.3) is 0 Å². The fourth-order valence-corrected chi connectivity index (χ4v) is 2.17. The summed E-state index contributed by atoms with van der Waals surface area (Å²) in [5.41, 5.74) is 1.51. The highest BCUT2D eigenvalue weighted by Crippen LogP contribution is 2.30. The molecular formula is C17H19NO3. The van der Waals surface area contributed by atoms with Crippen molar-refractivity contribution in [2.24, 2.45) is 0 Å². The Balaban J connectivity index is 2.21. The van der Waals surface area contributed by atoms with Crippen LogP contribution in [0.4, 0.5) is 0 Å². The van der Waals surface area contributed by atoms with Crippen LogP contribution in [0.2, 0.25) is 0 Å². The van der Waals surface area contributed by atoms with Gasteiger partial charge in [-0.05, 0) is 24.6 Å². The molecule has 21 heavy (non-hydrogen) atoms. The molecule has 0 aromatic heterocycles. The van der Waals surface area contributed by atoms with E-state index in [1.807, 2.05) is 37.3 Å². The van der Waals surface area contributed by atoms with Crippen molar-refractivity contribution in [1.82, 2.24) is 5.32 Å². The van der Waals surface area contributed by atoms with Crippen molar-refractivity contribution < 1.29 is 14.3 Å². The highest BCUT2D eigenvalue weighted by Gasteiger charge is 2.18. The first kappa shape index (κ1) is 14.9. The van der Waals surface area contributed by atoms with E-state index in [4.69, 9.17) is 9.47 Å². The van der Waals surface area contributed by atoms with E-state index in [1.54, 1.807) is 25.3 Å². The van der Waals surface area contributed by atoms with E-state index in [0.717, 1.165) is 5.56 Å². The van der Waals surface area contributed by atoms with Gasteiger partial charge in [-0.2, -0.15) is 0 Å². The van der Waals surface area contributed by atoms with Crippen LogP contribution in [0.5, 0.6) is 11.5 Å². The molecule has 1 N–H and O–H groups in total. The lowest BCUT2D eigenvalue weighted by atomic mass is 10.1. The lowest BCUT2D eigenvalue weighted by Gasteiger charge is -2.16. The van der Waals surface area contributed by atoms with Gasteiger partial charge in [0.15, 0.2) is 11.5 Å². The molecule has 0 aliphatic carbocycles. The molecule has 0 aliphatic heterocycles. The standard InChI is InChI=1S/C17H19NO3/c1-12(13-8-5-4-6-9-13)18-17(19)14-10-7-11-15(20-2)16(14)21-3/h4-12H,1-3H3,(H,18,19)/t12-/m0/s1. The first-order valence-electron chi connectivity index (χ1n) is 6.74. The van der Waals surface area contributed by atoms with E-state index < -0.39 is 0 Å². The summed E-state index contributed by atoms with van der Waals surface area (Å²) in [7, 11) is 3.07. The van der Waals surface area contributed by atoms with E-state index in [9.17, 15) is 4.79 Å². The smallest absolute Gasteiger partial charge is 0.255 e. The normalized spacial score (nSPS) is 11.6. The van der Waals surface area contributed by atoms with Gasteiger partial charge in [0.1, 0.15) is 0 Å². The number of hydrogen-bond donors (Lipinski definition) is 1. The Morgan fingerprint density at radius 3 is 2.33 bits per heavy atom. The van der Waals surface area contributed by atoms with Gasteiger partial charge < -0.3 is 14.8 Å². The van der Waals surface area contributed by atoms with Gasteiger partial charge in [0.05, 0.1) is 25.8 Å². The number of ether oxygens (including phenoxy) is 2. The van der Waals surface area contributed by atoms with Crippen LogP contribution in [-0.4, -0.2) is 20.1 Å². The van der Waals surface area contributed by atoms with Gasteiger partial charge in [0.2, 0.25) is 0 Å². The molecule has 110 valence electrons. The van der Waals surface area contributed by atoms with E-state index >= 15 is 0 Å². The van der Waals surface area contributed by atoms with Crippen LogP contribution in [0, 0.1) is 0 Å². The molecule has 2 aromatic carbocycles. The van der Waals surface area contributed by atoms with Gasteiger partial charge in [0, 0.05) is 0 Å². The molecule has 0 spiro atoms. The number of para-hydroxylation sites is 1. The molecule has 0 radical (unpaired) electrons. The maximum Gasteiger partial charge on any atom is 0.255 e. The topological polar surface area (TPSA) is 47.6 Å². The second-order valence-corrected chi connectivity index (χ2v) is 4.65.